The van der Waals surface area contributed by atoms with Crippen LogP contribution in [0.3, 0.4) is 0 Å². The van der Waals surface area contributed by atoms with Crippen molar-refractivity contribution in [2.24, 2.45) is 0 Å². The van der Waals surface area contributed by atoms with Crippen molar-refractivity contribution in [2.45, 2.75) is 39.0 Å². The number of aromatic hydroxyl groups is 1. The molecule has 3 aromatic rings. The average molecular weight is 278 g/mol. The maximum Gasteiger partial charge on any atom is 0.131 e. The highest BCUT2D eigenvalue weighted by Crippen LogP contribution is 2.36. The summed E-state index contributed by atoms with van der Waals surface area (Å²) in [6.45, 7) is 2.23. The summed E-state index contributed by atoms with van der Waals surface area (Å²) in [6, 6.07) is 16.6. The predicted molar refractivity (Wildman–Crippen MR) is 91.0 cm³/mol. The van der Waals surface area contributed by atoms with Gasteiger partial charge in [-0.15, -0.1) is 0 Å². The first-order valence-electron chi connectivity index (χ1n) is 7.93. The lowest BCUT2D eigenvalue weighted by Gasteiger charge is -2.11. The van der Waals surface area contributed by atoms with Gasteiger partial charge in [-0.3, -0.25) is 0 Å². The number of unbranched alkanes of at least 4 members (excludes halogenated alkanes) is 3. The second kappa shape index (κ2) is 6.17. The van der Waals surface area contributed by atoms with Gasteiger partial charge < -0.3 is 5.11 Å². The van der Waals surface area contributed by atoms with Crippen molar-refractivity contribution < 1.29 is 5.11 Å². The molecule has 0 aliphatic heterocycles. The first kappa shape index (κ1) is 13.9. The molecule has 1 heteroatoms. The molecule has 21 heavy (non-hydrogen) atoms. The van der Waals surface area contributed by atoms with E-state index in [0.29, 0.717) is 5.75 Å². The maximum atomic E-state index is 10.7. The van der Waals surface area contributed by atoms with Crippen molar-refractivity contribution in [3.8, 4) is 5.75 Å². The highest BCUT2D eigenvalue weighted by molar-refractivity contribution is 6.06. The molecule has 0 aliphatic rings. The maximum absolute atomic E-state index is 10.7. The van der Waals surface area contributed by atoms with E-state index in [1.54, 1.807) is 0 Å². The predicted octanol–water partition coefficient (Wildman–Crippen LogP) is 5.82. The molecule has 0 saturated carbocycles. The molecule has 0 bridgehead atoms. The molecule has 0 unspecified atom stereocenters. The lowest BCUT2D eigenvalue weighted by atomic mass is 9.95. The van der Waals surface area contributed by atoms with Crippen molar-refractivity contribution in [2.75, 3.05) is 0 Å². The third-order valence-corrected chi connectivity index (χ3v) is 4.25. The van der Waals surface area contributed by atoms with Crippen LogP contribution in [0, 0.1) is 0 Å². The monoisotopic (exact) mass is 278 g/mol. The molecule has 0 aliphatic carbocycles. The van der Waals surface area contributed by atoms with Gasteiger partial charge >= 0.3 is 0 Å². The molecule has 0 saturated heterocycles. The summed E-state index contributed by atoms with van der Waals surface area (Å²) in [5.74, 6) is 0.439. The van der Waals surface area contributed by atoms with Crippen LogP contribution < -0.4 is 0 Å². The van der Waals surface area contributed by atoms with E-state index in [1.807, 2.05) is 18.2 Å². The fourth-order valence-corrected chi connectivity index (χ4v) is 3.12. The second-order valence-electron chi connectivity index (χ2n) is 5.77. The van der Waals surface area contributed by atoms with Crippen LogP contribution in [0.25, 0.3) is 21.5 Å². The minimum Gasteiger partial charge on any atom is -0.507 e. The first-order valence-corrected chi connectivity index (χ1v) is 7.93. The Bertz CT molecular complexity index is 758. The van der Waals surface area contributed by atoms with Crippen LogP contribution >= 0.6 is 0 Å². The Morgan fingerprint density at radius 3 is 2.52 bits per heavy atom. The lowest BCUT2D eigenvalue weighted by molar-refractivity contribution is 0.487. The SMILES string of the molecule is CCCCCCc1cccc2cc3ccccc3c(O)c12. The van der Waals surface area contributed by atoms with Gasteiger partial charge in [-0.25, -0.2) is 0 Å². The van der Waals surface area contributed by atoms with Gasteiger partial charge in [0.25, 0.3) is 0 Å². The number of phenols is 1. The molecule has 3 aromatic carbocycles. The van der Waals surface area contributed by atoms with Crippen LogP contribution in [0.2, 0.25) is 0 Å². The number of hydrogen-bond donors (Lipinski definition) is 1. The molecule has 0 spiro atoms. The fourth-order valence-electron chi connectivity index (χ4n) is 3.12. The number of hydrogen-bond acceptors (Lipinski definition) is 1. The summed E-state index contributed by atoms with van der Waals surface area (Å²) in [4.78, 5) is 0. The molecule has 1 nitrogen and oxygen atoms in total. The van der Waals surface area contributed by atoms with Crippen LogP contribution in [-0.2, 0) is 6.42 Å². The topological polar surface area (TPSA) is 20.2 Å². The van der Waals surface area contributed by atoms with Gasteiger partial charge in [0.2, 0.25) is 0 Å². The quantitative estimate of drug-likeness (QED) is 0.460. The Hall–Kier alpha value is -2.02. The highest BCUT2D eigenvalue weighted by atomic mass is 16.3. The van der Waals surface area contributed by atoms with Crippen molar-refractivity contribution in [3.05, 3.63) is 54.1 Å². The molecule has 3 rings (SSSR count). The molecule has 0 heterocycles. The first-order chi connectivity index (χ1) is 10.3. The third kappa shape index (κ3) is 2.73. The summed E-state index contributed by atoms with van der Waals surface area (Å²) in [7, 11) is 0. The van der Waals surface area contributed by atoms with Crippen LogP contribution in [0.15, 0.2) is 48.5 Å². The third-order valence-electron chi connectivity index (χ3n) is 4.25. The van der Waals surface area contributed by atoms with Gasteiger partial charge in [-0.1, -0.05) is 68.7 Å². The summed E-state index contributed by atoms with van der Waals surface area (Å²) in [5.41, 5.74) is 1.27. The van der Waals surface area contributed by atoms with Gasteiger partial charge in [0, 0.05) is 10.8 Å². The molecule has 108 valence electrons. The van der Waals surface area contributed by atoms with Crippen LogP contribution in [0.4, 0.5) is 0 Å². The van der Waals surface area contributed by atoms with E-state index in [1.165, 1.54) is 31.2 Å². The van der Waals surface area contributed by atoms with Gasteiger partial charge in [0.15, 0.2) is 0 Å². The Balaban J connectivity index is 2.06. The van der Waals surface area contributed by atoms with Gasteiger partial charge in [0.05, 0.1) is 0 Å². The second-order valence-corrected chi connectivity index (χ2v) is 5.77. The summed E-state index contributed by atoms with van der Waals surface area (Å²) in [6.07, 6.45) is 6.05. The standard InChI is InChI=1S/C20H22O/c1-2-3-4-5-9-15-11-8-12-17-14-16-10-6-7-13-18(16)20(21)19(15)17/h6-8,10-14,21H,2-5,9H2,1H3. The summed E-state index contributed by atoms with van der Waals surface area (Å²) >= 11 is 0. The fraction of sp³-hybridized carbons (Fsp3) is 0.300. The van der Waals surface area contributed by atoms with E-state index in [-0.39, 0.29) is 0 Å². The average Bonchev–Trinajstić information content (AvgIpc) is 2.52. The molecule has 0 amide bonds. The molecule has 0 aromatic heterocycles. The molecular formula is C20H22O. The Labute approximate surface area is 126 Å². The zero-order valence-corrected chi connectivity index (χ0v) is 12.6. The van der Waals surface area contributed by atoms with Crippen molar-refractivity contribution >= 4 is 21.5 Å². The van der Waals surface area contributed by atoms with E-state index < -0.39 is 0 Å². The highest BCUT2D eigenvalue weighted by Gasteiger charge is 2.09. The molecular weight excluding hydrogens is 256 g/mol. The van der Waals surface area contributed by atoms with E-state index in [0.717, 1.165) is 28.0 Å². The van der Waals surface area contributed by atoms with E-state index >= 15 is 0 Å². The van der Waals surface area contributed by atoms with Crippen molar-refractivity contribution in [3.63, 3.8) is 0 Å². The molecule has 0 fully saturated rings. The molecule has 0 atom stereocenters. The summed E-state index contributed by atoms with van der Waals surface area (Å²) < 4.78 is 0. The van der Waals surface area contributed by atoms with Crippen LogP contribution in [0.1, 0.15) is 38.2 Å². The zero-order chi connectivity index (χ0) is 14.7. The van der Waals surface area contributed by atoms with Crippen LogP contribution in [-0.4, -0.2) is 5.11 Å². The minimum atomic E-state index is 0.439. The lowest BCUT2D eigenvalue weighted by Crippen LogP contribution is -1.89. The minimum absolute atomic E-state index is 0.439. The van der Waals surface area contributed by atoms with Crippen molar-refractivity contribution in [1.82, 2.24) is 0 Å². The smallest absolute Gasteiger partial charge is 0.131 e. The Morgan fingerprint density at radius 1 is 0.857 bits per heavy atom. The number of rotatable bonds is 5. The summed E-state index contributed by atoms with van der Waals surface area (Å²) in [5, 5.41) is 14.9. The molecule has 0 radical (unpaired) electrons. The van der Waals surface area contributed by atoms with Gasteiger partial charge in [0.1, 0.15) is 5.75 Å². The normalized spacial score (nSPS) is 11.3. The van der Waals surface area contributed by atoms with E-state index in [2.05, 4.69) is 37.3 Å². The van der Waals surface area contributed by atoms with Crippen molar-refractivity contribution in [1.29, 1.82) is 0 Å². The van der Waals surface area contributed by atoms with Gasteiger partial charge in [-0.2, -0.15) is 0 Å². The van der Waals surface area contributed by atoms with E-state index in [9.17, 15) is 5.11 Å². The van der Waals surface area contributed by atoms with Gasteiger partial charge in [-0.05, 0) is 35.2 Å². The Kier molecular flexibility index (Phi) is 4.10. The number of fused-ring (bicyclic) bond motifs is 2. The number of phenolic OH excluding ortho intramolecular Hbond substituents is 1. The zero-order valence-electron chi connectivity index (χ0n) is 12.6. The largest absolute Gasteiger partial charge is 0.507 e. The van der Waals surface area contributed by atoms with E-state index in [4.69, 9.17) is 0 Å². The number of benzene rings is 3. The number of aryl methyl sites for hydroxylation is 1. The molecule has 1 N–H and O–H groups in total. The Morgan fingerprint density at radius 2 is 1.67 bits per heavy atom. The van der Waals surface area contributed by atoms with Crippen LogP contribution in [0.5, 0.6) is 5.75 Å².